The van der Waals surface area contributed by atoms with E-state index in [-0.39, 0.29) is 12.5 Å². The van der Waals surface area contributed by atoms with Gasteiger partial charge in [0.2, 0.25) is 0 Å². The lowest BCUT2D eigenvalue weighted by Crippen LogP contribution is -2.14. The molecule has 0 bridgehead atoms. The van der Waals surface area contributed by atoms with Gasteiger partial charge < -0.3 is 4.18 Å². The maximum absolute atomic E-state index is 10.5. The van der Waals surface area contributed by atoms with E-state index in [4.69, 9.17) is 4.18 Å². The van der Waals surface area contributed by atoms with Crippen LogP contribution >= 0.6 is 12.0 Å². The van der Waals surface area contributed by atoms with Crippen LogP contribution in [0.15, 0.2) is 0 Å². The lowest BCUT2D eigenvalue weighted by molar-refractivity contribution is 0.210. The summed E-state index contributed by atoms with van der Waals surface area (Å²) in [6, 6.07) is 0. The third kappa shape index (κ3) is 8.32. The smallest absolute Gasteiger partial charge is 0.264 e. The molecule has 0 N–H and O–H groups in total. The van der Waals surface area contributed by atoms with Crippen molar-refractivity contribution in [2.24, 2.45) is 5.92 Å². The fourth-order valence-electron chi connectivity index (χ4n) is 0.472. The Balaban J connectivity index is 3.51. The van der Waals surface area contributed by atoms with E-state index in [1.165, 1.54) is 12.0 Å². The molecule has 0 aromatic rings. The Morgan fingerprint density at radius 3 is 2.42 bits per heavy atom. The van der Waals surface area contributed by atoms with Gasteiger partial charge in [-0.15, -0.1) is 0 Å². The van der Waals surface area contributed by atoms with Gasteiger partial charge in [0, 0.05) is 12.2 Å². The monoisotopic (exact) mass is 214 g/mol. The van der Waals surface area contributed by atoms with Gasteiger partial charge in [-0.2, -0.15) is 8.42 Å². The molecule has 0 rings (SSSR count). The first-order valence-electron chi connectivity index (χ1n) is 3.45. The lowest BCUT2D eigenvalue weighted by atomic mass is 10.2. The molecular weight excluding hydrogens is 200 g/mol. The standard InChI is InChI=1S/C6H14O4S2/c1-6(4-9-11-2)5-10-12(3,7)8/h6H,4-5H2,1-3H3. The summed E-state index contributed by atoms with van der Waals surface area (Å²) in [5.74, 6) is 0.0900. The highest BCUT2D eigenvalue weighted by Crippen LogP contribution is 2.04. The first-order chi connectivity index (χ1) is 5.45. The molecule has 1 atom stereocenters. The first kappa shape index (κ1) is 12.2. The largest absolute Gasteiger partial charge is 0.315 e. The molecule has 74 valence electrons. The second-order valence-electron chi connectivity index (χ2n) is 2.54. The summed E-state index contributed by atoms with van der Waals surface area (Å²) >= 11 is 1.26. The number of hydrogen-bond donors (Lipinski definition) is 0. The Labute approximate surface area is 78.0 Å². The predicted molar refractivity (Wildman–Crippen MR) is 49.4 cm³/mol. The van der Waals surface area contributed by atoms with Gasteiger partial charge in [0.1, 0.15) is 0 Å². The Morgan fingerprint density at radius 2 is 2.00 bits per heavy atom. The molecule has 0 aliphatic carbocycles. The van der Waals surface area contributed by atoms with E-state index in [0.717, 1.165) is 6.26 Å². The Kier molecular flexibility index (Phi) is 5.90. The van der Waals surface area contributed by atoms with Gasteiger partial charge in [0.05, 0.1) is 19.5 Å². The van der Waals surface area contributed by atoms with Gasteiger partial charge in [0.25, 0.3) is 10.1 Å². The zero-order valence-electron chi connectivity index (χ0n) is 7.44. The minimum atomic E-state index is -3.31. The maximum Gasteiger partial charge on any atom is 0.264 e. The molecule has 0 aliphatic heterocycles. The van der Waals surface area contributed by atoms with Crippen molar-refractivity contribution in [3.63, 3.8) is 0 Å². The van der Waals surface area contributed by atoms with Crippen molar-refractivity contribution in [3.05, 3.63) is 0 Å². The normalized spacial score (nSPS) is 14.6. The van der Waals surface area contributed by atoms with Crippen molar-refractivity contribution in [2.45, 2.75) is 6.92 Å². The van der Waals surface area contributed by atoms with Gasteiger partial charge in [-0.1, -0.05) is 6.92 Å². The third-order valence-electron chi connectivity index (χ3n) is 1.04. The van der Waals surface area contributed by atoms with E-state index < -0.39 is 10.1 Å². The molecule has 0 saturated carbocycles. The average Bonchev–Trinajstić information content (AvgIpc) is 1.95. The zero-order chi connectivity index (χ0) is 9.61. The lowest BCUT2D eigenvalue weighted by Gasteiger charge is -2.08. The number of hydrogen-bond acceptors (Lipinski definition) is 5. The van der Waals surface area contributed by atoms with Crippen LogP contribution in [-0.4, -0.2) is 34.1 Å². The van der Waals surface area contributed by atoms with Crippen LogP contribution in [0.5, 0.6) is 0 Å². The van der Waals surface area contributed by atoms with E-state index in [9.17, 15) is 8.42 Å². The van der Waals surface area contributed by atoms with Crippen molar-refractivity contribution < 1.29 is 16.8 Å². The summed E-state index contributed by atoms with van der Waals surface area (Å²) in [7, 11) is -3.31. The maximum atomic E-state index is 10.5. The van der Waals surface area contributed by atoms with Crippen LogP contribution in [0.4, 0.5) is 0 Å². The summed E-state index contributed by atoms with van der Waals surface area (Å²) < 4.78 is 30.7. The molecule has 0 fully saturated rings. The average molecular weight is 214 g/mol. The highest BCUT2D eigenvalue weighted by Gasteiger charge is 2.07. The van der Waals surface area contributed by atoms with E-state index in [2.05, 4.69) is 4.18 Å². The van der Waals surface area contributed by atoms with Gasteiger partial charge in [0.15, 0.2) is 0 Å². The molecule has 1 unspecified atom stereocenters. The summed E-state index contributed by atoms with van der Waals surface area (Å²) in [6.07, 6.45) is 2.85. The molecule has 4 nitrogen and oxygen atoms in total. The summed E-state index contributed by atoms with van der Waals surface area (Å²) in [5, 5.41) is 0. The van der Waals surface area contributed by atoms with Crippen molar-refractivity contribution in [3.8, 4) is 0 Å². The summed E-state index contributed by atoms with van der Waals surface area (Å²) in [4.78, 5) is 0. The van der Waals surface area contributed by atoms with E-state index in [1.54, 1.807) is 0 Å². The minimum absolute atomic E-state index is 0.0900. The van der Waals surface area contributed by atoms with E-state index >= 15 is 0 Å². The fourth-order valence-corrected chi connectivity index (χ4v) is 1.32. The van der Waals surface area contributed by atoms with Crippen molar-refractivity contribution in [1.29, 1.82) is 0 Å². The molecule has 0 amide bonds. The molecule has 12 heavy (non-hydrogen) atoms. The van der Waals surface area contributed by atoms with Crippen LogP contribution in [0.2, 0.25) is 0 Å². The van der Waals surface area contributed by atoms with E-state index in [0.29, 0.717) is 6.61 Å². The highest BCUT2D eigenvalue weighted by molar-refractivity contribution is 7.93. The molecule has 0 aromatic carbocycles. The molecule has 0 saturated heterocycles. The van der Waals surface area contributed by atoms with Crippen molar-refractivity contribution >= 4 is 22.2 Å². The van der Waals surface area contributed by atoms with Crippen LogP contribution in [0.3, 0.4) is 0 Å². The van der Waals surface area contributed by atoms with E-state index in [1.807, 2.05) is 13.2 Å². The van der Waals surface area contributed by atoms with Gasteiger partial charge in [-0.25, -0.2) is 0 Å². The number of rotatable bonds is 6. The van der Waals surface area contributed by atoms with Crippen molar-refractivity contribution in [1.82, 2.24) is 0 Å². The fraction of sp³-hybridized carbons (Fsp3) is 1.00. The molecule has 0 radical (unpaired) electrons. The topological polar surface area (TPSA) is 52.6 Å². The van der Waals surface area contributed by atoms with Crippen LogP contribution in [0.1, 0.15) is 6.92 Å². The quantitative estimate of drug-likeness (QED) is 0.485. The SMILES string of the molecule is CSOCC(C)COS(C)(=O)=O. The zero-order valence-corrected chi connectivity index (χ0v) is 9.07. The second-order valence-corrected chi connectivity index (χ2v) is 4.76. The van der Waals surface area contributed by atoms with Gasteiger partial charge in [-0.05, 0) is 12.0 Å². The third-order valence-corrected chi connectivity index (χ3v) is 1.97. The predicted octanol–water partition coefficient (Wildman–Crippen LogP) is 0.893. The molecule has 0 aromatic heterocycles. The van der Waals surface area contributed by atoms with Crippen LogP contribution in [0, 0.1) is 5.92 Å². The molecular formula is C6H14O4S2. The Hall–Kier alpha value is 0.220. The Bertz CT molecular complexity index is 200. The van der Waals surface area contributed by atoms with Crippen molar-refractivity contribution in [2.75, 3.05) is 25.7 Å². The van der Waals surface area contributed by atoms with Crippen LogP contribution < -0.4 is 0 Å². The minimum Gasteiger partial charge on any atom is -0.315 e. The summed E-state index contributed by atoms with van der Waals surface area (Å²) in [5.41, 5.74) is 0. The molecule has 0 aliphatic rings. The second kappa shape index (κ2) is 5.80. The first-order valence-corrected chi connectivity index (χ1v) is 6.42. The highest BCUT2D eigenvalue weighted by atomic mass is 32.2. The van der Waals surface area contributed by atoms with Crippen LogP contribution in [-0.2, 0) is 18.5 Å². The Morgan fingerprint density at radius 1 is 1.42 bits per heavy atom. The molecule has 0 spiro atoms. The van der Waals surface area contributed by atoms with Gasteiger partial charge in [-0.3, -0.25) is 4.18 Å². The summed E-state index contributed by atoms with van der Waals surface area (Å²) in [6.45, 7) is 2.54. The molecule has 6 heteroatoms. The van der Waals surface area contributed by atoms with Gasteiger partial charge >= 0.3 is 0 Å². The van der Waals surface area contributed by atoms with Crippen LogP contribution in [0.25, 0.3) is 0 Å². The molecule has 0 heterocycles.